The van der Waals surface area contributed by atoms with Crippen LogP contribution in [0.3, 0.4) is 0 Å². The van der Waals surface area contributed by atoms with Gasteiger partial charge in [0.25, 0.3) is 5.91 Å². The summed E-state index contributed by atoms with van der Waals surface area (Å²) in [5.74, 6) is 1.06. The minimum Gasteiger partial charge on any atom is -0.477 e. The smallest absolute Gasteiger partial charge is 0.258 e. The van der Waals surface area contributed by atoms with Gasteiger partial charge in [-0.05, 0) is 114 Å². The van der Waals surface area contributed by atoms with E-state index in [9.17, 15) is 14.4 Å². The van der Waals surface area contributed by atoms with Crippen molar-refractivity contribution in [3.63, 3.8) is 0 Å². The van der Waals surface area contributed by atoms with E-state index < -0.39 is 0 Å². The number of aromatic nitrogens is 6. The van der Waals surface area contributed by atoms with Crippen molar-refractivity contribution in [2.45, 2.75) is 90.3 Å². The molecular formula is C46H55N11O4. The molecule has 15 heteroatoms. The Kier molecular flexibility index (Phi) is 10.2. The molecule has 4 aliphatic heterocycles. The number of carbonyl (C=O) groups excluding carboxylic acids is 3. The van der Waals surface area contributed by atoms with Gasteiger partial charge in [-0.15, -0.1) is 0 Å². The highest BCUT2D eigenvalue weighted by molar-refractivity contribution is 6.05. The summed E-state index contributed by atoms with van der Waals surface area (Å²) in [6.45, 7) is 12.4. The number of pyridine rings is 2. The summed E-state index contributed by atoms with van der Waals surface area (Å²) >= 11 is 0. The van der Waals surface area contributed by atoms with Gasteiger partial charge in [-0.25, -0.2) is 9.67 Å². The van der Waals surface area contributed by atoms with E-state index in [-0.39, 0.29) is 23.6 Å². The molecule has 3 amide bonds. The van der Waals surface area contributed by atoms with Crippen LogP contribution in [0.2, 0.25) is 0 Å². The van der Waals surface area contributed by atoms with Gasteiger partial charge in [0.2, 0.25) is 23.6 Å². The zero-order valence-corrected chi connectivity index (χ0v) is 35.6. The SMILES string of the molecule is Cc1cc2cc(n1)-c1cnn(C)c1OC[C@H]1CC[C@H](C1)Cn1c(nc3ccc(N4CCN(C5CCN(c6ccc(C7CCC(=O)NC7=O)nc6C)CC5)[C@H](C)C4)cc31)NC2=O. The maximum absolute atomic E-state index is 14.0. The fraction of sp³-hybridized carbons (Fsp3) is 0.500. The average Bonchev–Trinajstić information content (AvgIpc) is 3.96. The summed E-state index contributed by atoms with van der Waals surface area (Å²) in [7, 11) is 1.88. The molecular weight excluding hydrogens is 771 g/mol. The number of piperazine rings is 1. The predicted octanol–water partition coefficient (Wildman–Crippen LogP) is 5.60. The first-order valence-corrected chi connectivity index (χ1v) is 22.1. The number of nitrogens with one attached hydrogen (secondary N) is 2. The first-order valence-electron chi connectivity index (χ1n) is 22.1. The van der Waals surface area contributed by atoms with Crippen molar-refractivity contribution in [3.8, 4) is 17.1 Å². The summed E-state index contributed by atoms with van der Waals surface area (Å²) in [5, 5.41) is 10.1. The maximum Gasteiger partial charge on any atom is 0.258 e. The van der Waals surface area contributed by atoms with Crippen LogP contribution >= 0.6 is 0 Å². The van der Waals surface area contributed by atoms with Crippen LogP contribution in [0.4, 0.5) is 17.3 Å². The van der Waals surface area contributed by atoms with Crippen molar-refractivity contribution in [1.82, 2.24) is 39.5 Å². The van der Waals surface area contributed by atoms with Crippen molar-refractivity contribution >= 4 is 46.1 Å². The molecule has 61 heavy (non-hydrogen) atoms. The lowest BCUT2D eigenvalue weighted by atomic mass is 9.94. The van der Waals surface area contributed by atoms with Crippen LogP contribution in [0.15, 0.2) is 48.7 Å². The molecule has 5 aromatic rings. The molecule has 10 rings (SSSR count). The van der Waals surface area contributed by atoms with Crippen molar-refractivity contribution in [1.29, 1.82) is 0 Å². The maximum atomic E-state index is 14.0. The molecule has 4 aromatic heterocycles. The number of aryl methyl sites for hydroxylation is 3. The van der Waals surface area contributed by atoms with Gasteiger partial charge in [0.05, 0.1) is 58.1 Å². The highest BCUT2D eigenvalue weighted by atomic mass is 16.5. The fourth-order valence-electron chi connectivity index (χ4n) is 10.7. The van der Waals surface area contributed by atoms with Crippen molar-refractivity contribution in [2.24, 2.45) is 18.9 Å². The molecule has 1 saturated carbocycles. The number of carbonyl (C=O) groups is 3. The Balaban J connectivity index is 0.837. The van der Waals surface area contributed by atoms with Gasteiger partial charge in [0, 0.05) is 81.8 Å². The Hall–Kier alpha value is -5.83. The number of hydrogen-bond donors (Lipinski definition) is 2. The Labute approximate surface area is 355 Å². The van der Waals surface area contributed by atoms with Crippen LogP contribution in [0, 0.1) is 25.7 Å². The van der Waals surface area contributed by atoms with E-state index in [1.54, 1.807) is 10.9 Å². The van der Waals surface area contributed by atoms with Crippen LogP contribution < -0.4 is 25.2 Å². The number of rotatable bonds is 4. The van der Waals surface area contributed by atoms with Crippen LogP contribution in [-0.2, 0) is 23.2 Å². The predicted molar refractivity (Wildman–Crippen MR) is 233 cm³/mol. The second kappa shape index (κ2) is 15.9. The van der Waals surface area contributed by atoms with E-state index in [0.29, 0.717) is 66.5 Å². The normalized spacial score (nSPS) is 24.1. The summed E-state index contributed by atoms with van der Waals surface area (Å²) in [6, 6.07) is 15.2. The molecule has 1 aromatic carbocycles. The summed E-state index contributed by atoms with van der Waals surface area (Å²) in [6.07, 6.45) is 8.00. The third-order valence-electron chi connectivity index (χ3n) is 13.9. The zero-order valence-electron chi connectivity index (χ0n) is 35.6. The number of imide groups is 1. The van der Waals surface area contributed by atoms with Gasteiger partial charge in [0.1, 0.15) is 0 Å². The lowest BCUT2D eigenvalue weighted by Gasteiger charge is -2.47. The van der Waals surface area contributed by atoms with E-state index in [0.717, 1.165) is 111 Å². The number of amides is 3. The second-order valence-electron chi connectivity index (χ2n) is 18.0. The van der Waals surface area contributed by atoms with Gasteiger partial charge < -0.3 is 19.1 Å². The summed E-state index contributed by atoms with van der Waals surface area (Å²) < 4.78 is 10.4. The van der Waals surface area contributed by atoms with E-state index in [4.69, 9.17) is 19.7 Å². The van der Waals surface area contributed by atoms with Crippen LogP contribution in [0.25, 0.3) is 22.3 Å². The highest BCUT2D eigenvalue weighted by Crippen LogP contribution is 2.38. The van der Waals surface area contributed by atoms with Crippen molar-refractivity contribution in [2.75, 3.05) is 54.4 Å². The van der Waals surface area contributed by atoms with Gasteiger partial charge in [0.15, 0.2) is 0 Å². The van der Waals surface area contributed by atoms with Gasteiger partial charge in [-0.1, -0.05) is 0 Å². The molecule has 4 bridgehead atoms. The molecule has 0 spiro atoms. The molecule has 2 N–H and O–H groups in total. The quantitative estimate of drug-likeness (QED) is 0.218. The largest absolute Gasteiger partial charge is 0.477 e. The standard InChI is InChI=1S/C46H55N11O4/c1-27-19-32-21-39(48-27)36-23-47-53(4)45(36)61-26-31-6-5-30(20-31)25-57-41-22-34(7-9-38(41)50-46(57)52-43(32)59)55-17-18-56(28(2)24-55)33-13-15-54(16-14-33)40-11-10-37(49-29(40)3)35-8-12-42(58)51-44(35)60/h7,9-11,19,21-23,28,30-31,33,35H,5-6,8,12-18,20,24-26H2,1-4H3,(H,50,52,59)(H,51,58,60)/t28-,30-,31+,35?/m1/s1. The van der Waals surface area contributed by atoms with E-state index >= 15 is 0 Å². The molecule has 4 fully saturated rings. The molecule has 1 aliphatic carbocycles. The number of ether oxygens (including phenoxy) is 1. The monoisotopic (exact) mass is 825 g/mol. The Morgan fingerprint density at radius 2 is 1.66 bits per heavy atom. The first kappa shape index (κ1) is 39.3. The van der Waals surface area contributed by atoms with Crippen molar-refractivity contribution in [3.05, 3.63) is 71.3 Å². The molecule has 4 atom stereocenters. The number of imidazole rings is 1. The molecule has 0 radical (unpaired) electrons. The average molecular weight is 826 g/mol. The van der Waals surface area contributed by atoms with E-state index in [1.807, 2.05) is 39.1 Å². The number of hydrogen-bond acceptors (Lipinski definition) is 11. The molecule has 8 heterocycles. The van der Waals surface area contributed by atoms with Gasteiger partial charge in [-0.2, -0.15) is 5.10 Å². The van der Waals surface area contributed by atoms with Gasteiger partial charge in [-0.3, -0.25) is 39.9 Å². The lowest BCUT2D eigenvalue weighted by molar-refractivity contribution is -0.134. The summed E-state index contributed by atoms with van der Waals surface area (Å²) in [5.41, 5.74) is 8.59. The Morgan fingerprint density at radius 1 is 0.820 bits per heavy atom. The number of nitrogens with zero attached hydrogens (tertiary/aromatic N) is 9. The molecule has 3 saturated heterocycles. The fourth-order valence-corrected chi connectivity index (χ4v) is 10.7. The Morgan fingerprint density at radius 3 is 2.46 bits per heavy atom. The molecule has 15 nitrogen and oxygen atoms in total. The Bertz CT molecular complexity index is 2520. The molecule has 5 aliphatic rings. The lowest BCUT2D eigenvalue weighted by Crippen LogP contribution is -2.57. The van der Waals surface area contributed by atoms with Crippen molar-refractivity contribution < 1.29 is 19.1 Å². The molecule has 318 valence electrons. The van der Waals surface area contributed by atoms with E-state index in [1.165, 1.54) is 5.69 Å². The third-order valence-corrected chi connectivity index (χ3v) is 13.9. The third kappa shape index (κ3) is 7.61. The zero-order chi connectivity index (χ0) is 41.9. The van der Waals surface area contributed by atoms with E-state index in [2.05, 4.69) is 66.2 Å². The number of anilines is 3. The number of piperidine rings is 2. The minimum atomic E-state index is -0.371. The minimum absolute atomic E-state index is 0.206. The second-order valence-corrected chi connectivity index (χ2v) is 18.0. The molecule has 1 unspecified atom stereocenters. The summed E-state index contributed by atoms with van der Waals surface area (Å²) in [4.78, 5) is 60.4. The highest BCUT2D eigenvalue weighted by Gasteiger charge is 2.34. The number of benzene rings is 1. The van der Waals surface area contributed by atoms with Crippen LogP contribution in [0.1, 0.15) is 85.2 Å². The van der Waals surface area contributed by atoms with Crippen LogP contribution in [-0.4, -0.2) is 103 Å². The van der Waals surface area contributed by atoms with Crippen LogP contribution in [0.5, 0.6) is 5.88 Å². The number of fused-ring (bicyclic) bond motifs is 9. The van der Waals surface area contributed by atoms with Gasteiger partial charge >= 0.3 is 0 Å². The first-order chi connectivity index (χ1) is 29.5. The topological polar surface area (TPSA) is 156 Å².